The zero-order valence-corrected chi connectivity index (χ0v) is 17.7. The number of fused-ring (bicyclic) bond motifs is 1. The molecule has 0 atom stereocenters. The SMILES string of the molecule is CN=C(NCCNc1ncccc1C(F)(F)F)N1CCc2cc(OC)c(OC)cc2C1. The zero-order valence-electron chi connectivity index (χ0n) is 17.7. The Balaban J connectivity index is 1.59. The fourth-order valence-corrected chi connectivity index (χ4v) is 3.53. The van der Waals surface area contributed by atoms with Crippen LogP contribution >= 0.6 is 0 Å². The number of benzene rings is 1. The second-order valence-corrected chi connectivity index (χ2v) is 6.95. The molecule has 3 rings (SSSR count). The van der Waals surface area contributed by atoms with E-state index in [1.807, 2.05) is 12.1 Å². The van der Waals surface area contributed by atoms with E-state index in [0.29, 0.717) is 30.5 Å². The summed E-state index contributed by atoms with van der Waals surface area (Å²) in [6.07, 6.45) is -2.30. The number of aliphatic imine (C=N–C) groups is 1. The lowest BCUT2D eigenvalue weighted by Gasteiger charge is -2.32. The maximum absolute atomic E-state index is 13.1. The minimum atomic E-state index is -4.45. The number of nitrogens with zero attached hydrogens (tertiary/aromatic N) is 3. The first-order valence-corrected chi connectivity index (χ1v) is 9.82. The Morgan fingerprint density at radius 3 is 2.52 bits per heavy atom. The largest absolute Gasteiger partial charge is 0.493 e. The van der Waals surface area contributed by atoms with Crippen molar-refractivity contribution in [2.75, 3.05) is 46.2 Å². The fraction of sp³-hybridized carbons (Fsp3) is 0.429. The van der Waals surface area contributed by atoms with Gasteiger partial charge in [-0.15, -0.1) is 0 Å². The van der Waals surface area contributed by atoms with E-state index in [2.05, 4.69) is 25.5 Å². The number of anilines is 1. The third kappa shape index (κ3) is 5.31. The van der Waals surface area contributed by atoms with Crippen LogP contribution in [0.1, 0.15) is 16.7 Å². The number of alkyl halides is 3. The molecule has 0 bridgehead atoms. The summed E-state index contributed by atoms with van der Waals surface area (Å²) < 4.78 is 50.0. The van der Waals surface area contributed by atoms with Gasteiger partial charge in [0.15, 0.2) is 17.5 Å². The van der Waals surface area contributed by atoms with Gasteiger partial charge in [-0.25, -0.2) is 4.98 Å². The van der Waals surface area contributed by atoms with Crippen LogP contribution < -0.4 is 20.1 Å². The monoisotopic (exact) mass is 437 g/mol. The van der Waals surface area contributed by atoms with Crippen LogP contribution in [-0.4, -0.2) is 56.7 Å². The fourth-order valence-electron chi connectivity index (χ4n) is 3.53. The minimum absolute atomic E-state index is 0.181. The Hall–Kier alpha value is -3.17. The Bertz CT molecular complexity index is 934. The molecule has 0 aliphatic carbocycles. The molecule has 1 aromatic carbocycles. The molecule has 1 aliphatic heterocycles. The average molecular weight is 437 g/mol. The molecule has 0 fully saturated rings. The molecule has 1 aromatic heterocycles. The molecule has 1 aliphatic rings. The standard InChI is InChI=1S/C21H26F3N5O2/c1-25-20(28-9-8-27-19-16(21(22,23)24)5-4-7-26-19)29-10-6-14-11-17(30-2)18(31-3)12-15(14)13-29/h4-5,7,11-12H,6,8-10,13H2,1-3H3,(H,25,28)(H,26,27). The molecular weight excluding hydrogens is 411 g/mol. The molecule has 0 amide bonds. The van der Waals surface area contributed by atoms with E-state index in [1.54, 1.807) is 21.3 Å². The van der Waals surface area contributed by atoms with E-state index in [4.69, 9.17) is 9.47 Å². The summed E-state index contributed by atoms with van der Waals surface area (Å²) in [6, 6.07) is 6.24. The smallest absolute Gasteiger partial charge is 0.419 e. The van der Waals surface area contributed by atoms with Crippen molar-refractivity contribution in [2.45, 2.75) is 19.1 Å². The van der Waals surface area contributed by atoms with E-state index in [-0.39, 0.29) is 12.4 Å². The number of aromatic nitrogens is 1. The van der Waals surface area contributed by atoms with Crippen LogP contribution in [0, 0.1) is 0 Å². The Labute approximate surface area is 179 Å². The molecule has 0 spiro atoms. The zero-order chi connectivity index (χ0) is 22.4. The number of methoxy groups -OCH3 is 2. The molecule has 2 aromatic rings. The Kier molecular flexibility index (Phi) is 7.09. The molecule has 7 nitrogen and oxygen atoms in total. The summed E-state index contributed by atoms with van der Waals surface area (Å²) in [5.41, 5.74) is 1.53. The van der Waals surface area contributed by atoms with Gasteiger partial charge in [0.25, 0.3) is 0 Å². The summed E-state index contributed by atoms with van der Waals surface area (Å²) in [4.78, 5) is 10.2. The van der Waals surface area contributed by atoms with Gasteiger partial charge in [-0.3, -0.25) is 4.99 Å². The van der Waals surface area contributed by atoms with E-state index in [9.17, 15) is 13.2 Å². The summed E-state index contributed by atoms with van der Waals surface area (Å²) in [5.74, 6) is 1.88. The van der Waals surface area contributed by atoms with Gasteiger partial charge >= 0.3 is 6.18 Å². The van der Waals surface area contributed by atoms with Crippen LogP contribution in [0.3, 0.4) is 0 Å². The molecule has 0 saturated heterocycles. The van der Waals surface area contributed by atoms with Crippen molar-refractivity contribution in [3.05, 3.63) is 47.2 Å². The van der Waals surface area contributed by atoms with Crippen LogP contribution in [0.2, 0.25) is 0 Å². The number of hydrogen-bond donors (Lipinski definition) is 2. The topological polar surface area (TPSA) is 71.0 Å². The van der Waals surface area contributed by atoms with Gasteiger partial charge in [0, 0.05) is 39.4 Å². The molecule has 2 N–H and O–H groups in total. The third-order valence-corrected chi connectivity index (χ3v) is 5.04. The van der Waals surface area contributed by atoms with Gasteiger partial charge in [0.2, 0.25) is 0 Å². The minimum Gasteiger partial charge on any atom is -0.493 e. The second kappa shape index (κ2) is 9.76. The number of halogens is 3. The van der Waals surface area contributed by atoms with Crippen molar-refractivity contribution in [3.63, 3.8) is 0 Å². The summed E-state index contributed by atoms with van der Waals surface area (Å²) in [7, 11) is 4.90. The maximum Gasteiger partial charge on any atom is 0.419 e. The van der Waals surface area contributed by atoms with Gasteiger partial charge in [-0.2, -0.15) is 13.2 Å². The van der Waals surface area contributed by atoms with E-state index in [1.165, 1.54) is 17.8 Å². The van der Waals surface area contributed by atoms with Gasteiger partial charge in [0.1, 0.15) is 5.82 Å². The van der Waals surface area contributed by atoms with Crippen molar-refractivity contribution in [2.24, 2.45) is 4.99 Å². The van der Waals surface area contributed by atoms with Crippen molar-refractivity contribution >= 4 is 11.8 Å². The first-order chi connectivity index (χ1) is 14.9. The number of guanidine groups is 1. The number of ether oxygens (including phenoxy) is 2. The lowest BCUT2D eigenvalue weighted by molar-refractivity contribution is -0.137. The molecule has 168 valence electrons. The summed E-state index contributed by atoms with van der Waals surface area (Å²) in [6.45, 7) is 2.04. The predicted octanol–water partition coefficient (Wildman–Crippen LogP) is 3.16. The highest BCUT2D eigenvalue weighted by atomic mass is 19.4. The maximum atomic E-state index is 13.1. The quantitative estimate of drug-likeness (QED) is 0.411. The van der Waals surface area contributed by atoms with Crippen LogP contribution in [0.4, 0.5) is 19.0 Å². The van der Waals surface area contributed by atoms with Crippen molar-refractivity contribution in [1.29, 1.82) is 0 Å². The highest BCUT2D eigenvalue weighted by Crippen LogP contribution is 2.34. The molecule has 2 heterocycles. The van der Waals surface area contributed by atoms with Crippen molar-refractivity contribution in [3.8, 4) is 11.5 Å². The first kappa shape index (κ1) is 22.5. The first-order valence-electron chi connectivity index (χ1n) is 9.82. The van der Waals surface area contributed by atoms with Gasteiger partial charge in [0.05, 0.1) is 19.8 Å². The van der Waals surface area contributed by atoms with E-state index < -0.39 is 11.7 Å². The van der Waals surface area contributed by atoms with Crippen molar-refractivity contribution < 1.29 is 22.6 Å². The molecule has 31 heavy (non-hydrogen) atoms. The number of hydrogen-bond acceptors (Lipinski definition) is 5. The highest BCUT2D eigenvalue weighted by molar-refractivity contribution is 5.80. The van der Waals surface area contributed by atoms with Crippen LogP contribution in [-0.2, 0) is 19.1 Å². The van der Waals surface area contributed by atoms with E-state index >= 15 is 0 Å². The highest BCUT2D eigenvalue weighted by Gasteiger charge is 2.34. The number of nitrogens with one attached hydrogen (secondary N) is 2. The Morgan fingerprint density at radius 2 is 1.87 bits per heavy atom. The molecule has 0 radical (unpaired) electrons. The number of pyridine rings is 1. The number of rotatable bonds is 6. The second-order valence-electron chi connectivity index (χ2n) is 6.95. The van der Waals surface area contributed by atoms with Crippen LogP contribution in [0.25, 0.3) is 0 Å². The van der Waals surface area contributed by atoms with Crippen LogP contribution in [0.5, 0.6) is 11.5 Å². The van der Waals surface area contributed by atoms with Gasteiger partial charge < -0.3 is 25.0 Å². The summed E-state index contributed by atoms with van der Waals surface area (Å²) >= 11 is 0. The normalized spacial score (nSPS) is 14.1. The lowest BCUT2D eigenvalue weighted by atomic mass is 9.99. The molecule has 0 unspecified atom stereocenters. The molecule has 0 saturated carbocycles. The van der Waals surface area contributed by atoms with Gasteiger partial charge in [-0.05, 0) is 41.8 Å². The van der Waals surface area contributed by atoms with Gasteiger partial charge in [-0.1, -0.05) is 0 Å². The van der Waals surface area contributed by atoms with Crippen LogP contribution in [0.15, 0.2) is 35.5 Å². The average Bonchev–Trinajstić information content (AvgIpc) is 2.77. The molecule has 10 heteroatoms. The Morgan fingerprint density at radius 1 is 1.16 bits per heavy atom. The molecular formula is C21H26F3N5O2. The summed E-state index contributed by atoms with van der Waals surface area (Å²) in [5, 5.41) is 5.95. The van der Waals surface area contributed by atoms with E-state index in [0.717, 1.165) is 24.6 Å². The predicted molar refractivity (Wildman–Crippen MR) is 113 cm³/mol. The lowest BCUT2D eigenvalue weighted by Crippen LogP contribution is -2.45. The van der Waals surface area contributed by atoms with Crippen molar-refractivity contribution in [1.82, 2.24) is 15.2 Å². The third-order valence-electron chi connectivity index (χ3n) is 5.04.